The van der Waals surface area contributed by atoms with Crippen LogP contribution >= 0.6 is 27.5 Å². The van der Waals surface area contributed by atoms with Crippen LogP contribution in [0.3, 0.4) is 0 Å². The van der Waals surface area contributed by atoms with E-state index in [0.717, 1.165) is 0 Å². The van der Waals surface area contributed by atoms with Crippen molar-refractivity contribution in [1.29, 1.82) is 0 Å². The van der Waals surface area contributed by atoms with Gasteiger partial charge in [-0.25, -0.2) is 4.79 Å². The van der Waals surface area contributed by atoms with Crippen LogP contribution in [0.4, 0.5) is 4.79 Å². The van der Waals surface area contributed by atoms with Crippen molar-refractivity contribution < 1.29 is 9.53 Å². The third-order valence-electron chi connectivity index (χ3n) is 1.80. The Hall–Kier alpha value is 0.240. The second-order valence-electron chi connectivity index (χ2n) is 2.94. The van der Waals surface area contributed by atoms with Gasteiger partial charge in [-0.05, 0) is 12.8 Å². The number of carbonyl (C=O) groups is 1. The van der Waals surface area contributed by atoms with E-state index in [1.807, 2.05) is 20.8 Å². The molecule has 66 valence electrons. The number of alkyl halides is 1. The molecule has 0 aromatic carbocycles. The highest BCUT2D eigenvalue weighted by Gasteiger charge is 2.30. The van der Waals surface area contributed by atoms with Crippen molar-refractivity contribution in [3.63, 3.8) is 0 Å². The molecular weight excluding hydrogens is 231 g/mol. The number of hydrogen-bond acceptors (Lipinski definition) is 2. The summed E-state index contributed by atoms with van der Waals surface area (Å²) in [6, 6.07) is 0. The monoisotopic (exact) mass is 242 g/mol. The predicted octanol–water partition coefficient (Wildman–Crippen LogP) is 3.17. The molecule has 0 saturated carbocycles. The third kappa shape index (κ3) is 3.43. The topological polar surface area (TPSA) is 26.3 Å². The fourth-order valence-electron chi connectivity index (χ4n) is 0.483. The molecule has 0 aliphatic carbocycles. The van der Waals surface area contributed by atoms with E-state index >= 15 is 0 Å². The number of halogens is 2. The van der Waals surface area contributed by atoms with Gasteiger partial charge >= 0.3 is 5.43 Å². The van der Waals surface area contributed by atoms with Crippen LogP contribution in [-0.4, -0.2) is 16.4 Å². The summed E-state index contributed by atoms with van der Waals surface area (Å²) in [5, 5.41) is 0.593. The molecule has 0 aliphatic rings. The summed E-state index contributed by atoms with van der Waals surface area (Å²) in [5.74, 6) is 0.240. The smallest absolute Gasteiger partial charge is 0.404 e. The molecule has 4 heteroatoms. The van der Waals surface area contributed by atoms with Crippen molar-refractivity contribution in [1.82, 2.24) is 0 Å². The Labute approximate surface area is 80.4 Å². The van der Waals surface area contributed by atoms with Gasteiger partial charge in [-0.3, -0.25) is 0 Å². The zero-order valence-electron chi connectivity index (χ0n) is 6.86. The standard InChI is InChI=1S/C7H12BrClO2/c1-5(2)7(3,4-8)11-6(9)10/h5H,4H2,1-3H3. The summed E-state index contributed by atoms with van der Waals surface area (Å²) in [6.07, 6.45) is 0. The van der Waals surface area contributed by atoms with Crippen molar-refractivity contribution in [2.75, 3.05) is 5.33 Å². The lowest BCUT2D eigenvalue weighted by atomic mass is 9.95. The minimum Gasteiger partial charge on any atom is -0.446 e. The first kappa shape index (κ1) is 11.2. The maximum atomic E-state index is 10.4. The zero-order chi connectivity index (χ0) is 9.07. The minimum absolute atomic E-state index is 0.240. The van der Waals surface area contributed by atoms with Gasteiger partial charge in [0, 0.05) is 16.9 Å². The molecule has 0 N–H and O–H groups in total. The molecule has 0 aromatic rings. The van der Waals surface area contributed by atoms with E-state index in [1.54, 1.807) is 0 Å². The van der Waals surface area contributed by atoms with Crippen molar-refractivity contribution in [3.05, 3.63) is 0 Å². The van der Waals surface area contributed by atoms with E-state index < -0.39 is 11.0 Å². The normalized spacial score (nSPS) is 16.2. The molecule has 1 unspecified atom stereocenters. The Bertz CT molecular complexity index is 149. The van der Waals surface area contributed by atoms with Crippen LogP contribution in [0.15, 0.2) is 0 Å². The summed E-state index contributed by atoms with van der Waals surface area (Å²) in [6.45, 7) is 5.79. The molecule has 0 heterocycles. The Morgan fingerprint density at radius 1 is 1.73 bits per heavy atom. The first-order chi connectivity index (χ1) is 4.92. The molecule has 0 aromatic heterocycles. The minimum atomic E-state index is -0.749. The van der Waals surface area contributed by atoms with Crippen molar-refractivity contribution >= 4 is 33.0 Å². The number of hydrogen-bond donors (Lipinski definition) is 0. The maximum Gasteiger partial charge on any atom is 0.404 e. The summed E-state index contributed by atoms with van der Waals surface area (Å²) >= 11 is 8.37. The molecule has 0 saturated heterocycles. The van der Waals surface area contributed by atoms with Crippen LogP contribution in [-0.2, 0) is 4.74 Å². The predicted molar refractivity (Wildman–Crippen MR) is 49.4 cm³/mol. The van der Waals surface area contributed by atoms with Gasteiger partial charge in [0.05, 0.1) is 0 Å². The molecule has 0 bridgehead atoms. The Balaban J connectivity index is 4.22. The molecule has 0 radical (unpaired) electrons. The highest BCUT2D eigenvalue weighted by atomic mass is 79.9. The number of ether oxygens (including phenoxy) is 1. The fourth-order valence-corrected chi connectivity index (χ4v) is 1.42. The van der Waals surface area contributed by atoms with Crippen molar-refractivity contribution in [2.24, 2.45) is 5.92 Å². The second kappa shape index (κ2) is 4.31. The highest BCUT2D eigenvalue weighted by molar-refractivity contribution is 9.09. The number of carbonyl (C=O) groups excluding carboxylic acids is 1. The van der Waals surface area contributed by atoms with E-state index in [9.17, 15) is 4.79 Å². The van der Waals surface area contributed by atoms with Crippen LogP contribution in [0.5, 0.6) is 0 Å². The quantitative estimate of drug-likeness (QED) is 0.562. The van der Waals surface area contributed by atoms with Gasteiger partial charge in [0.2, 0.25) is 0 Å². The van der Waals surface area contributed by atoms with E-state index in [0.29, 0.717) is 5.33 Å². The molecule has 0 spiro atoms. The van der Waals surface area contributed by atoms with Gasteiger partial charge < -0.3 is 4.74 Å². The van der Waals surface area contributed by atoms with Gasteiger partial charge in [0.1, 0.15) is 5.60 Å². The summed E-state index contributed by atoms with van der Waals surface area (Å²) in [4.78, 5) is 10.4. The Morgan fingerprint density at radius 2 is 2.18 bits per heavy atom. The Morgan fingerprint density at radius 3 is 2.27 bits per heavy atom. The van der Waals surface area contributed by atoms with Crippen molar-refractivity contribution in [3.8, 4) is 0 Å². The van der Waals surface area contributed by atoms with Crippen LogP contribution < -0.4 is 0 Å². The molecule has 0 amide bonds. The van der Waals surface area contributed by atoms with Gasteiger partial charge in [0.25, 0.3) is 0 Å². The molecule has 0 fully saturated rings. The van der Waals surface area contributed by atoms with Gasteiger partial charge in [-0.1, -0.05) is 29.8 Å². The summed E-state index contributed by atoms with van der Waals surface area (Å²) in [5.41, 5.74) is -1.25. The van der Waals surface area contributed by atoms with E-state index in [2.05, 4.69) is 15.9 Å². The first-order valence-corrected chi connectivity index (χ1v) is 4.86. The van der Waals surface area contributed by atoms with Crippen LogP contribution in [0, 0.1) is 5.92 Å². The van der Waals surface area contributed by atoms with Gasteiger partial charge in [-0.2, -0.15) is 0 Å². The number of rotatable bonds is 3. The highest BCUT2D eigenvalue weighted by Crippen LogP contribution is 2.24. The largest absolute Gasteiger partial charge is 0.446 e. The molecule has 0 aliphatic heterocycles. The molecule has 1 atom stereocenters. The van der Waals surface area contributed by atoms with Crippen LogP contribution in [0.2, 0.25) is 0 Å². The van der Waals surface area contributed by atoms with Gasteiger partial charge in [-0.15, -0.1) is 0 Å². The summed E-state index contributed by atoms with van der Waals surface area (Å²) in [7, 11) is 0. The average Bonchev–Trinajstić information content (AvgIpc) is 1.86. The molecule has 11 heavy (non-hydrogen) atoms. The fraction of sp³-hybridized carbons (Fsp3) is 0.857. The third-order valence-corrected chi connectivity index (χ3v) is 2.99. The Kier molecular flexibility index (Phi) is 4.41. The SMILES string of the molecule is CC(C)C(C)(CBr)OC(=O)Cl. The molecule has 2 nitrogen and oxygen atoms in total. The van der Waals surface area contributed by atoms with Crippen LogP contribution in [0.1, 0.15) is 20.8 Å². The maximum absolute atomic E-state index is 10.4. The first-order valence-electron chi connectivity index (χ1n) is 3.37. The molecular formula is C7H12BrClO2. The van der Waals surface area contributed by atoms with E-state index in [1.165, 1.54) is 0 Å². The lowest BCUT2D eigenvalue weighted by Gasteiger charge is -2.30. The van der Waals surface area contributed by atoms with Gasteiger partial charge in [0.15, 0.2) is 0 Å². The van der Waals surface area contributed by atoms with Crippen molar-refractivity contribution in [2.45, 2.75) is 26.4 Å². The summed E-state index contributed by atoms with van der Waals surface area (Å²) < 4.78 is 4.93. The van der Waals surface area contributed by atoms with E-state index in [4.69, 9.17) is 16.3 Å². The lowest BCUT2D eigenvalue weighted by Crippen LogP contribution is -2.37. The average molecular weight is 244 g/mol. The molecule has 0 rings (SSSR count). The lowest BCUT2D eigenvalue weighted by molar-refractivity contribution is 0.0253. The van der Waals surface area contributed by atoms with Crippen LogP contribution in [0.25, 0.3) is 0 Å². The zero-order valence-corrected chi connectivity index (χ0v) is 9.20. The van der Waals surface area contributed by atoms with E-state index in [-0.39, 0.29) is 5.92 Å². The second-order valence-corrected chi connectivity index (χ2v) is 3.81.